The average Bonchev–Trinajstić information content (AvgIpc) is 3.24. The summed E-state index contributed by atoms with van der Waals surface area (Å²) < 4.78 is 24.9. The summed E-state index contributed by atoms with van der Waals surface area (Å²) in [4.78, 5) is 25.7. The van der Waals surface area contributed by atoms with E-state index in [1.165, 1.54) is 11.3 Å². The van der Waals surface area contributed by atoms with Gasteiger partial charge in [-0.05, 0) is 63.4 Å². The number of thiophene rings is 1. The summed E-state index contributed by atoms with van der Waals surface area (Å²) in [6, 6.07) is 10.9. The molecule has 0 radical (unpaired) electrons. The molecule has 0 bridgehead atoms. The second-order valence-corrected chi connectivity index (χ2v) is 12.9. The Morgan fingerprint density at radius 3 is 2.55 bits per heavy atom. The zero-order chi connectivity index (χ0) is 24.3. The molecule has 0 aliphatic carbocycles. The van der Waals surface area contributed by atoms with Gasteiger partial charge in [0.1, 0.15) is 4.75 Å². The maximum Gasteiger partial charge on any atom is 0.245 e. The molecular formula is C23H31N3O5S2. The van der Waals surface area contributed by atoms with Crippen LogP contribution in [0.5, 0.6) is 0 Å². The van der Waals surface area contributed by atoms with Gasteiger partial charge < -0.3 is 10.6 Å². The van der Waals surface area contributed by atoms with Crippen molar-refractivity contribution in [3.63, 3.8) is 0 Å². The molecule has 1 atom stereocenters. The Kier molecular flexibility index (Phi) is 7.62. The van der Waals surface area contributed by atoms with Crippen molar-refractivity contribution in [1.29, 1.82) is 0 Å². The average molecular weight is 494 g/mol. The van der Waals surface area contributed by atoms with E-state index < -0.39 is 20.5 Å². The molecule has 1 saturated heterocycles. The summed E-state index contributed by atoms with van der Waals surface area (Å²) >= 11 is 1.32. The Labute approximate surface area is 198 Å². The van der Waals surface area contributed by atoms with Gasteiger partial charge in [0.15, 0.2) is 9.84 Å². The van der Waals surface area contributed by atoms with Crippen molar-refractivity contribution >= 4 is 38.7 Å². The zero-order valence-corrected chi connectivity index (χ0v) is 20.7. The first-order valence-electron chi connectivity index (χ1n) is 10.9. The predicted octanol–water partition coefficient (Wildman–Crippen LogP) is 3.43. The molecule has 8 nitrogen and oxygen atoms in total. The van der Waals surface area contributed by atoms with Crippen molar-refractivity contribution in [3.05, 3.63) is 41.3 Å². The zero-order valence-electron chi connectivity index (χ0n) is 19.1. The van der Waals surface area contributed by atoms with Gasteiger partial charge in [0.25, 0.3) is 0 Å². The second kappa shape index (κ2) is 9.92. The molecule has 1 aliphatic rings. The first-order valence-corrected chi connectivity index (χ1v) is 13.3. The molecule has 1 aliphatic heterocycles. The van der Waals surface area contributed by atoms with Gasteiger partial charge in [-0.15, -0.1) is 11.3 Å². The lowest BCUT2D eigenvalue weighted by atomic mass is 9.94. The van der Waals surface area contributed by atoms with Crippen LogP contribution in [0, 0.1) is 0 Å². The van der Waals surface area contributed by atoms with Crippen molar-refractivity contribution in [2.45, 2.75) is 56.7 Å². The predicted molar refractivity (Wildman–Crippen MR) is 130 cm³/mol. The Morgan fingerprint density at radius 1 is 1.12 bits per heavy atom. The van der Waals surface area contributed by atoms with E-state index in [-0.39, 0.29) is 30.2 Å². The summed E-state index contributed by atoms with van der Waals surface area (Å²) in [5, 5.41) is 15.1. The van der Waals surface area contributed by atoms with E-state index in [0.29, 0.717) is 29.8 Å². The van der Waals surface area contributed by atoms with Crippen molar-refractivity contribution in [2.75, 3.05) is 17.6 Å². The van der Waals surface area contributed by atoms with E-state index in [0.717, 1.165) is 10.4 Å². The molecule has 0 saturated carbocycles. The minimum absolute atomic E-state index is 0.0169. The lowest BCUT2D eigenvalue weighted by Gasteiger charge is -2.35. The highest BCUT2D eigenvalue weighted by atomic mass is 32.2. The SMILES string of the molecule is CC(C)(C)NCC(=O)Nc1cccc(-c2ccc([C@@]3(CC(=O)NO)CCCCS3(=O)=O)s2)c1. The highest BCUT2D eigenvalue weighted by Gasteiger charge is 2.49. The largest absolute Gasteiger partial charge is 0.325 e. The molecule has 0 spiro atoms. The number of rotatable bonds is 7. The lowest BCUT2D eigenvalue weighted by molar-refractivity contribution is -0.130. The molecular weight excluding hydrogens is 462 g/mol. The van der Waals surface area contributed by atoms with Gasteiger partial charge in [0.05, 0.1) is 18.7 Å². The van der Waals surface area contributed by atoms with Crippen LogP contribution in [-0.2, 0) is 24.2 Å². The number of carbonyl (C=O) groups is 2. The van der Waals surface area contributed by atoms with Gasteiger partial charge in [0.2, 0.25) is 11.8 Å². The van der Waals surface area contributed by atoms with E-state index >= 15 is 0 Å². The number of carbonyl (C=O) groups excluding carboxylic acids is 2. The maximum absolute atomic E-state index is 13.1. The van der Waals surface area contributed by atoms with Gasteiger partial charge in [0, 0.05) is 21.0 Å². The van der Waals surface area contributed by atoms with E-state index in [2.05, 4.69) is 10.6 Å². The van der Waals surface area contributed by atoms with Crippen LogP contribution >= 0.6 is 11.3 Å². The molecule has 2 amide bonds. The Hall–Kier alpha value is -2.27. The van der Waals surface area contributed by atoms with Crippen LogP contribution in [0.1, 0.15) is 51.3 Å². The number of hydroxylamine groups is 1. The fraction of sp³-hybridized carbons (Fsp3) is 0.478. The Balaban J connectivity index is 1.86. The van der Waals surface area contributed by atoms with Gasteiger partial charge in [-0.2, -0.15) is 0 Å². The fourth-order valence-corrected chi connectivity index (χ4v) is 7.73. The number of sulfone groups is 1. The van der Waals surface area contributed by atoms with Gasteiger partial charge >= 0.3 is 0 Å². The number of anilines is 1. The first kappa shape index (κ1) is 25.4. The van der Waals surface area contributed by atoms with Crippen LogP contribution in [0.25, 0.3) is 10.4 Å². The number of benzene rings is 1. The number of hydrogen-bond acceptors (Lipinski definition) is 7. The molecule has 10 heteroatoms. The van der Waals surface area contributed by atoms with E-state index in [9.17, 15) is 18.0 Å². The number of nitrogens with one attached hydrogen (secondary N) is 3. The minimum atomic E-state index is -3.58. The van der Waals surface area contributed by atoms with Crippen LogP contribution in [0.4, 0.5) is 5.69 Å². The Bertz CT molecular complexity index is 1120. The van der Waals surface area contributed by atoms with Crippen LogP contribution in [0.3, 0.4) is 0 Å². The molecule has 1 aromatic heterocycles. The van der Waals surface area contributed by atoms with Crippen LogP contribution in [0.15, 0.2) is 36.4 Å². The van der Waals surface area contributed by atoms with Gasteiger partial charge in [-0.3, -0.25) is 14.8 Å². The summed E-state index contributed by atoms with van der Waals surface area (Å²) in [6.45, 7) is 6.14. The van der Waals surface area contributed by atoms with Gasteiger partial charge in [-0.1, -0.05) is 18.6 Å². The number of hydrogen-bond donors (Lipinski definition) is 4. The third-order valence-corrected chi connectivity index (χ3v) is 9.73. The standard InChI is InChI=1S/C23H31N3O5S2/c1-22(2,3)24-15-21(28)25-17-8-6-7-16(13-17)18-9-10-19(32-18)23(14-20(27)26-29)11-4-5-12-33(23,30)31/h6-10,13,24,29H,4-5,11-12,14-15H2,1-3H3,(H,25,28)(H,26,27)/t23-/m0/s1. The first-order chi connectivity index (χ1) is 15.5. The normalized spacial score (nSPS) is 20.2. The monoisotopic (exact) mass is 493 g/mol. The summed E-state index contributed by atoms with van der Waals surface area (Å²) in [7, 11) is -3.58. The summed E-state index contributed by atoms with van der Waals surface area (Å²) in [5.41, 5.74) is 2.89. The molecule has 4 N–H and O–H groups in total. The minimum Gasteiger partial charge on any atom is -0.325 e. The molecule has 3 rings (SSSR count). The third-order valence-electron chi connectivity index (χ3n) is 5.67. The quantitative estimate of drug-likeness (QED) is 0.346. The summed E-state index contributed by atoms with van der Waals surface area (Å²) in [5.74, 6) is -0.858. The molecule has 1 fully saturated rings. The van der Waals surface area contributed by atoms with Crippen molar-refractivity contribution in [1.82, 2.24) is 10.8 Å². The molecule has 0 unspecified atom stereocenters. The molecule has 2 heterocycles. The van der Waals surface area contributed by atoms with Crippen molar-refractivity contribution < 1.29 is 23.2 Å². The fourth-order valence-electron chi connectivity index (χ4n) is 3.95. The molecule has 2 aromatic rings. The van der Waals surface area contributed by atoms with Crippen LogP contribution in [-0.4, -0.2) is 43.3 Å². The summed E-state index contributed by atoms with van der Waals surface area (Å²) in [6.07, 6.45) is 1.27. The van der Waals surface area contributed by atoms with Crippen molar-refractivity contribution in [2.24, 2.45) is 0 Å². The number of amides is 2. The van der Waals surface area contributed by atoms with Crippen molar-refractivity contribution in [3.8, 4) is 10.4 Å². The smallest absolute Gasteiger partial charge is 0.245 e. The second-order valence-electron chi connectivity index (χ2n) is 9.38. The highest BCUT2D eigenvalue weighted by Crippen LogP contribution is 2.47. The molecule has 33 heavy (non-hydrogen) atoms. The molecule has 1 aromatic carbocycles. The maximum atomic E-state index is 13.1. The highest BCUT2D eigenvalue weighted by molar-refractivity contribution is 7.92. The van der Waals surface area contributed by atoms with E-state index in [1.54, 1.807) is 17.6 Å². The molecule has 180 valence electrons. The lowest BCUT2D eigenvalue weighted by Crippen LogP contribution is -2.43. The van der Waals surface area contributed by atoms with E-state index in [4.69, 9.17) is 5.21 Å². The van der Waals surface area contributed by atoms with Crippen LogP contribution < -0.4 is 16.1 Å². The Morgan fingerprint density at radius 2 is 1.88 bits per heavy atom. The van der Waals surface area contributed by atoms with Gasteiger partial charge in [-0.25, -0.2) is 13.9 Å². The third kappa shape index (κ3) is 6.00. The van der Waals surface area contributed by atoms with Crippen LogP contribution in [0.2, 0.25) is 0 Å². The topological polar surface area (TPSA) is 125 Å². The van der Waals surface area contributed by atoms with E-state index in [1.807, 2.05) is 45.0 Å².